The number of amides is 2. The van der Waals surface area contributed by atoms with Crippen LogP contribution >= 0.6 is 23.2 Å². The van der Waals surface area contributed by atoms with Crippen LogP contribution in [0.25, 0.3) is 0 Å². The highest BCUT2D eigenvalue weighted by molar-refractivity contribution is 6.41. The van der Waals surface area contributed by atoms with Gasteiger partial charge < -0.3 is 20.3 Å². The van der Waals surface area contributed by atoms with Crippen molar-refractivity contribution in [1.29, 1.82) is 0 Å². The second-order valence-corrected chi connectivity index (χ2v) is 8.97. The Balaban J connectivity index is 1.80. The van der Waals surface area contributed by atoms with Crippen molar-refractivity contribution in [3.63, 3.8) is 0 Å². The fourth-order valence-corrected chi connectivity index (χ4v) is 4.16. The molecule has 2 aromatic heterocycles. The quantitative estimate of drug-likeness (QED) is 0.372. The monoisotopic (exact) mass is 521 g/mol. The molecule has 35 heavy (non-hydrogen) atoms. The molecule has 0 radical (unpaired) electrons. The SMILES string of the molecule is C=C/C(Cl)=C(Cl)\C=C(/C)C(=O)N[C@@H]1CCC[C@H](c2nc(C(=O)Nc3cnoc3)c(O)c(=O)n2C)C1. The number of rotatable bonds is 7. The number of aromatic nitrogens is 3. The van der Waals surface area contributed by atoms with Crippen LogP contribution in [-0.4, -0.2) is 37.7 Å². The molecule has 0 saturated heterocycles. The molecule has 1 saturated carbocycles. The minimum absolute atomic E-state index is 0.192. The first-order valence-electron chi connectivity index (χ1n) is 10.8. The lowest BCUT2D eigenvalue weighted by Gasteiger charge is -2.30. The topological polar surface area (TPSA) is 139 Å². The van der Waals surface area contributed by atoms with Crippen molar-refractivity contribution in [2.24, 2.45) is 7.05 Å². The van der Waals surface area contributed by atoms with E-state index in [1.165, 1.54) is 36.2 Å². The summed E-state index contributed by atoms with van der Waals surface area (Å²) in [6.45, 7) is 5.16. The first-order valence-corrected chi connectivity index (χ1v) is 11.5. The van der Waals surface area contributed by atoms with Gasteiger partial charge in [0.1, 0.15) is 17.8 Å². The zero-order valence-corrected chi connectivity index (χ0v) is 20.7. The zero-order chi connectivity index (χ0) is 25.7. The van der Waals surface area contributed by atoms with Gasteiger partial charge in [0.15, 0.2) is 5.69 Å². The Hall–Kier alpha value is -3.37. The summed E-state index contributed by atoms with van der Waals surface area (Å²) in [5.41, 5.74) is -0.503. The molecule has 1 aliphatic carbocycles. The second-order valence-electron chi connectivity index (χ2n) is 8.16. The second kappa shape index (κ2) is 11.4. The predicted molar refractivity (Wildman–Crippen MR) is 131 cm³/mol. The Morgan fingerprint density at radius 1 is 1.31 bits per heavy atom. The first-order chi connectivity index (χ1) is 16.6. The standard InChI is InChI=1S/C23H25Cl2N5O5/c1-4-16(24)17(25)8-12(2)21(32)27-14-7-5-6-13(9-14)20-29-18(19(31)23(34)30(20)3)22(33)28-15-10-26-35-11-15/h4,8,10-11,13-14,31H,1,5-7,9H2,2-3H3,(H,27,32)(H,28,33)/b12-8+,17-16-/t13-,14+/m0/s1. The van der Waals surface area contributed by atoms with Crippen LogP contribution in [0, 0.1) is 0 Å². The maximum Gasteiger partial charge on any atom is 0.296 e. The predicted octanol–water partition coefficient (Wildman–Crippen LogP) is 3.69. The molecule has 0 unspecified atom stereocenters. The molecule has 2 heterocycles. The molecule has 0 aromatic carbocycles. The lowest BCUT2D eigenvalue weighted by atomic mass is 9.84. The van der Waals surface area contributed by atoms with Crippen molar-refractivity contribution < 1.29 is 19.2 Å². The van der Waals surface area contributed by atoms with Gasteiger partial charge in [0.05, 0.1) is 16.3 Å². The molecule has 1 aliphatic rings. The minimum Gasteiger partial charge on any atom is -0.501 e. The summed E-state index contributed by atoms with van der Waals surface area (Å²) in [7, 11) is 1.48. The maximum atomic E-state index is 12.7. The Kier molecular flexibility index (Phi) is 8.52. The fraction of sp³-hybridized carbons (Fsp3) is 0.348. The van der Waals surface area contributed by atoms with Gasteiger partial charge in [-0.25, -0.2) is 4.98 Å². The van der Waals surface area contributed by atoms with Gasteiger partial charge in [0.2, 0.25) is 11.7 Å². The van der Waals surface area contributed by atoms with Crippen LogP contribution in [0.1, 0.15) is 54.8 Å². The Morgan fingerprint density at radius 3 is 2.71 bits per heavy atom. The highest BCUT2D eigenvalue weighted by atomic mass is 35.5. The summed E-state index contributed by atoms with van der Waals surface area (Å²) in [5.74, 6) is -1.71. The summed E-state index contributed by atoms with van der Waals surface area (Å²) in [5, 5.41) is 19.6. The van der Waals surface area contributed by atoms with Gasteiger partial charge in [-0.15, -0.1) is 0 Å². The molecule has 3 rings (SSSR count). The Labute approximate surface area is 211 Å². The van der Waals surface area contributed by atoms with E-state index in [0.29, 0.717) is 24.2 Å². The molecule has 3 N–H and O–H groups in total. The van der Waals surface area contributed by atoms with Crippen molar-refractivity contribution in [1.82, 2.24) is 20.0 Å². The van der Waals surface area contributed by atoms with E-state index in [4.69, 9.17) is 23.2 Å². The van der Waals surface area contributed by atoms with Crippen LogP contribution < -0.4 is 16.2 Å². The number of halogens is 2. The van der Waals surface area contributed by atoms with Gasteiger partial charge in [0.25, 0.3) is 11.5 Å². The van der Waals surface area contributed by atoms with Gasteiger partial charge in [0, 0.05) is 24.6 Å². The smallest absolute Gasteiger partial charge is 0.296 e. The third kappa shape index (κ3) is 6.20. The van der Waals surface area contributed by atoms with Gasteiger partial charge >= 0.3 is 0 Å². The molecule has 12 heteroatoms. The van der Waals surface area contributed by atoms with Crippen LogP contribution in [0.3, 0.4) is 0 Å². The number of carbonyl (C=O) groups excluding carboxylic acids is 2. The van der Waals surface area contributed by atoms with E-state index in [9.17, 15) is 19.5 Å². The van der Waals surface area contributed by atoms with E-state index in [0.717, 1.165) is 12.8 Å². The van der Waals surface area contributed by atoms with E-state index in [-0.39, 0.29) is 33.6 Å². The summed E-state index contributed by atoms with van der Waals surface area (Å²) in [4.78, 5) is 42.3. The number of aromatic hydroxyl groups is 1. The average Bonchev–Trinajstić information content (AvgIpc) is 3.35. The fourth-order valence-electron chi connectivity index (χ4n) is 3.86. The minimum atomic E-state index is -0.769. The molecule has 10 nitrogen and oxygen atoms in total. The summed E-state index contributed by atoms with van der Waals surface area (Å²) < 4.78 is 5.90. The highest BCUT2D eigenvalue weighted by Crippen LogP contribution is 2.32. The Bertz CT molecular complexity index is 1250. The molecule has 186 valence electrons. The third-order valence-corrected chi connectivity index (χ3v) is 6.46. The Morgan fingerprint density at radius 2 is 2.06 bits per heavy atom. The number of hydrogen-bond donors (Lipinski definition) is 3. The molecule has 0 spiro atoms. The van der Waals surface area contributed by atoms with E-state index in [2.05, 4.69) is 31.9 Å². The molecular weight excluding hydrogens is 497 g/mol. The molecule has 1 fully saturated rings. The normalized spacial score (nSPS) is 19.0. The number of hydrogen-bond acceptors (Lipinski definition) is 7. The number of anilines is 1. The highest BCUT2D eigenvalue weighted by Gasteiger charge is 2.30. The lowest BCUT2D eigenvalue weighted by Crippen LogP contribution is -2.39. The van der Waals surface area contributed by atoms with Crippen molar-refractivity contribution in [3.8, 4) is 5.75 Å². The lowest BCUT2D eigenvalue weighted by molar-refractivity contribution is -0.118. The van der Waals surface area contributed by atoms with E-state index >= 15 is 0 Å². The van der Waals surface area contributed by atoms with Crippen LogP contribution in [0.4, 0.5) is 5.69 Å². The largest absolute Gasteiger partial charge is 0.501 e. The number of carbonyl (C=O) groups is 2. The van der Waals surface area contributed by atoms with Crippen molar-refractivity contribution in [2.75, 3.05) is 5.32 Å². The van der Waals surface area contributed by atoms with E-state index < -0.39 is 22.9 Å². The summed E-state index contributed by atoms with van der Waals surface area (Å²) in [6, 6.07) is -0.192. The van der Waals surface area contributed by atoms with Crippen LogP contribution in [0.5, 0.6) is 5.75 Å². The van der Waals surface area contributed by atoms with Crippen LogP contribution in [0.15, 0.2) is 56.1 Å². The molecule has 0 bridgehead atoms. The maximum absolute atomic E-state index is 12.7. The molecule has 2 amide bonds. The summed E-state index contributed by atoms with van der Waals surface area (Å²) >= 11 is 12.0. The number of allylic oxidation sites excluding steroid dienone is 4. The van der Waals surface area contributed by atoms with Crippen LogP contribution in [0.2, 0.25) is 0 Å². The zero-order valence-electron chi connectivity index (χ0n) is 19.2. The first kappa shape index (κ1) is 26.2. The van der Waals surface area contributed by atoms with Gasteiger partial charge in [-0.2, -0.15) is 0 Å². The van der Waals surface area contributed by atoms with Gasteiger partial charge in [-0.3, -0.25) is 19.0 Å². The van der Waals surface area contributed by atoms with Gasteiger partial charge in [-0.1, -0.05) is 41.4 Å². The van der Waals surface area contributed by atoms with E-state index in [1.807, 2.05) is 0 Å². The average molecular weight is 522 g/mol. The van der Waals surface area contributed by atoms with E-state index in [1.54, 1.807) is 6.92 Å². The molecular formula is C23H25Cl2N5O5. The molecule has 0 aliphatic heterocycles. The number of nitrogens with zero attached hydrogens (tertiary/aromatic N) is 3. The van der Waals surface area contributed by atoms with Crippen molar-refractivity contribution in [3.05, 3.63) is 68.7 Å². The number of nitrogens with one attached hydrogen (secondary N) is 2. The van der Waals surface area contributed by atoms with Crippen LogP contribution in [-0.2, 0) is 11.8 Å². The third-order valence-electron chi connectivity index (χ3n) is 5.69. The van der Waals surface area contributed by atoms with Gasteiger partial charge in [-0.05, 0) is 38.3 Å². The van der Waals surface area contributed by atoms with Crippen molar-refractivity contribution in [2.45, 2.75) is 44.6 Å². The van der Waals surface area contributed by atoms with Crippen molar-refractivity contribution >= 4 is 40.7 Å². The molecule has 2 atom stereocenters. The molecule has 2 aromatic rings. The summed E-state index contributed by atoms with van der Waals surface area (Å²) in [6.07, 6.45) is 8.02.